The molecular weight excluding hydrogens is 162 g/mol. The first kappa shape index (κ1) is 11.0. The molecule has 2 heteroatoms. The zero-order chi connectivity index (χ0) is 10.1. The molecule has 0 aromatic carbocycles. The molecule has 0 bridgehead atoms. The van der Waals surface area contributed by atoms with Crippen LogP contribution >= 0.6 is 0 Å². The summed E-state index contributed by atoms with van der Waals surface area (Å²) in [6.07, 6.45) is 3.32. The summed E-state index contributed by atoms with van der Waals surface area (Å²) in [5.41, 5.74) is 5.85. The van der Waals surface area contributed by atoms with E-state index in [2.05, 4.69) is 20.8 Å². The van der Waals surface area contributed by atoms with Crippen LogP contribution in [0.25, 0.3) is 0 Å². The Bertz CT molecular complexity index is 169. The zero-order valence-electron chi connectivity index (χ0n) is 9.09. The van der Waals surface area contributed by atoms with Gasteiger partial charge in [0.2, 0.25) is 0 Å². The topological polar surface area (TPSA) is 46.2 Å². The van der Waals surface area contributed by atoms with Crippen molar-refractivity contribution in [2.75, 3.05) is 6.54 Å². The second kappa shape index (κ2) is 3.97. The summed E-state index contributed by atoms with van der Waals surface area (Å²) in [6, 6.07) is 0. The highest BCUT2D eigenvalue weighted by Crippen LogP contribution is 2.46. The summed E-state index contributed by atoms with van der Waals surface area (Å²) >= 11 is 0. The van der Waals surface area contributed by atoms with Crippen molar-refractivity contribution in [1.29, 1.82) is 0 Å². The van der Waals surface area contributed by atoms with Gasteiger partial charge in [0.05, 0.1) is 6.10 Å². The van der Waals surface area contributed by atoms with Crippen molar-refractivity contribution >= 4 is 0 Å². The molecule has 1 fully saturated rings. The largest absolute Gasteiger partial charge is 0.392 e. The van der Waals surface area contributed by atoms with E-state index in [1.54, 1.807) is 0 Å². The van der Waals surface area contributed by atoms with Crippen LogP contribution in [0.3, 0.4) is 0 Å². The molecule has 0 saturated heterocycles. The van der Waals surface area contributed by atoms with E-state index in [9.17, 15) is 5.11 Å². The monoisotopic (exact) mass is 185 g/mol. The Morgan fingerprint density at radius 3 is 2.46 bits per heavy atom. The molecule has 3 N–H and O–H groups in total. The molecule has 1 aliphatic rings. The van der Waals surface area contributed by atoms with Gasteiger partial charge in [-0.25, -0.2) is 0 Å². The number of hydrogen-bond donors (Lipinski definition) is 2. The summed E-state index contributed by atoms with van der Waals surface area (Å²) in [5, 5.41) is 10.2. The highest BCUT2D eigenvalue weighted by atomic mass is 16.3. The minimum atomic E-state index is -0.227. The number of aliphatic hydroxyl groups is 1. The van der Waals surface area contributed by atoms with Crippen LogP contribution in [0.2, 0.25) is 0 Å². The molecule has 0 heterocycles. The standard InChI is InChI=1S/C11H23NO/c1-8(2)10(13)11(7-12)6-4-5-9(11)3/h8-10,13H,4-7,12H2,1-3H3. The van der Waals surface area contributed by atoms with Gasteiger partial charge in [-0.1, -0.05) is 33.6 Å². The average molecular weight is 185 g/mol. The first-order valence-corrected chi connectivity index (χ1v) is 5.42. The van der Waals surface area contributed by atoms with E-state index in [0.717, 1.165) is 6.42 Å². The first-order chi connectivity index (χ1) is 6.04. The van der Waals surface area contributed by atoms with E-state index in [-0.39, 0.29) is 11.5 Å². The molecular formula is C11H23NO. The smallest absolute Gasteiger partial charge is 0.0633 e. The molecule has 3 atom stereocenters. The highest BCUT2D eigenvalue weighted by Gasteiger charge is 2.45. The van der Waals surface area contributed by atoms with Gasteiger partial charge in [-0.15, -0.1) is 0 Å². The molecule has 1 saturated carbocycles. The van der Waals surface area contributed by atoms with Crippen molar-refractivity contribution < 1.29 is 5.11 Å². The average Bonchev–Trinajstić information content (AvgIpc) is 2.46. The van der Waals surface area contributed by atoms with Crippen LogP contribution in [0.1, 0.15) is 40.0 Å². The quantitative estimate of drug-likeness (QED) is 0.704. The lowest BCUT2D eigenvalue weighted by Crippen LogP contribution is -2.46. The Morgan fingerprint density at radius 2 is 2.15 bits per heavy atom. The molecule has 0 aliphatic heterocycles. The van der Waals surface area contributed by atoms with Gasteiger partial charge in [0.15, 0.2) is 0 Å². The summed E-state index contributed by atoms with van der Waals surface area (Å²) in [5.74, 6) is 0.902. The molecule has 78 valence electrons. The summed E-state index contributed by atoms with van der Waals surface area (Å²) < 4.78 is 0. The molecule has 1 rings (SSSR count). The third-order valence-electron chi connectivity index (χ3n) is 3.86. The first-order valence-electron chi connectivity index (χ1n) is 5.42. The third kappa shape index (κ3) is 1.75. The maximum atomic E-state index is 10.2. The summed E-state index contributed by atoms with van der Waals surface area (Å²) in [6.45, 7) is 7.01. The van der Waals surface area contributed by atoms with Crippen LogP contribution in [0, 0.1) is 17.3 Å². The number of rotatable bonds is 3. The maximum absolute atomic E-state index is 10.2. The van der Waals surface area contributed by atoms with Crippen LogP contribution in [-0.4, -0.2) is 17.8 Å². The fraction of sp³-hybridized carbons (Fsp3) is 1.00. The molecule has 0 aromatic rings. The van der Waals surface area contributed by atoms with Gasteiger partial charge in [0, 0.05) is 12.0 Å². The molecule has 13 heavy (non-hydrogen) atoms. The minimum absolute atomic E-state index is 0.00810. The van der Waals surface area contributed by atoms with Crippen molar-refractivity contribution in [2.45, 2.75) is 46.1 Å². The normalized spacial score (nSPS) is 36.9. The van der Waals surface area contributed by atoms with Crippen LogP contribution in [0.4, 0.5) is 0 Å². The highest BCUT2D eigenvalue weighted by molar-refractivity contribution is 4.96. The van der Waals surface area contributed by atoms with Crippen LogP contribution in [-0.2, 0) is 0 Å². The van der Waals surface area contributed by atoms with E-state index in [1.807, 2.05) is 0 Å². The summed E-state index contributed by atoms with van der Waals surface area (Å²) in [4.78, 5) is 0. The van der Waals surface area contributed by atoms with Gasteiger partial charge >= 0.3 is 0 Å². The SMILES string of the molecule is CC(C)C(O)C1(CN)CCCC1C. The molecule has 0 spiro atoms. The van der Waals surface area contributed by atoms with Crippen LogP contribution in [0.15, 0.2) is 0 Å². The molecule has 1 aliphatic carbocycles. The van der Waals surface area contributed by atoms with E-state index in [1.165, 1.54) is 12.8 Å². The maximum Gasteiger partial charge on any atom is 0.0633 e. The lowest BCUT2D eigenvalue weighted by atomic mass is 9.70. The summed E-state index contributed by atoms with van der Waals surface area (Å²) in [7, 11) is 0. The Kier molecular flexibility index (Phi) is 3.36. The molecule has 0 amide bonds. The Labute approximate surface area is 81.5 Å². The predicted molar refractivity (Wildman–Crippen MR) is 55.3 cm³/mol. The van der Waals surface area contributed by atoms with Crippen LogP contribution < -0.4 is 5.73 Å². The van der Waals surface area contributed by atoms with Crippen molar-refractivity contribution in [3.63, 3.8) is 0 Å². The minimum Gasteiger partial charge on any atom is -0.392 e. The number of hydrogen-bond acceptors (Lipinski definition) is 2. The Balaban J connectivity index is 2.79. The third-order valence-corrected chi connectivity index (χ3v) is 3.86. The molecule has 3 unspecified atom stereocenters. The second-order valence-corrected chi connectivity index (χ2v) is 4.92. The molecule has 2 nitrogen and oxygen atoms in total. The van der Waals surface area contributed by atoms with Crippen molar-refractivity contribution in [3.05, 3.63) is 0 Å². The van der Waals surface area contributed by atoms with Gasteiger partial charge in [0.1, 0.15) is 0 Å². The number of aliphatic hydroxyl groups excluding tert-OH is 1. The van der Waals surface area contributed by atoms with E-state index >= 15 is 0 Å². The van der Waals surface area contributed by atoms with E-state index in [4.69, 9.17) is 5.73 Å². The lowest BCUT2D eigenvalue weighted by Gasteiger charge is -2.39. The van der Waals surface area contributed by atoms with Gasteiger partial charge < -0.3 is 10.8 Å². The lowest BCUT2D eigenvalue weighted by molar-refractivity contribution is -0.0244. The van der Waals surface area contributed by atoms with Crippen molar-refractivity contribution in [3.8, 4) is 0 Å². The van der Waals surface area contributed by atoms with Crippen LogP contribution in [0.5, 0.6) is 0 Å². The van der Waals surface area contributed by atoms with Crippen molar-refractivity contribution in [1.82, 2.24) is 0 Å². The molecule has 0 radical (unpaired) electrons. The predicted octanol–water partition coefficient (Wildman–Crippen LogP) is 1.77. The van der Waals surface area contributed by atoms with Gasteiger partial charge in [-0.05, 0) is 18.3 Å². The van der Waals surface area contributed by atoms with Gasteiger partial charge in [-0.3, -0.25) is 0 Å². The van der Waals surface area contributed by atoms with E-state index < -0.39 is 0 Å². The van der Waals surface area contributed by atoms with E-state index in [0.29, 0.717) is 18.4 Å². The Morgan fingerprint density at radius 1 is 1.54 bits per heavy atom. The fourth-order valence-electron chi connectivity index (χ4n) is 2.80. The zero-order valence-corrected chi connectivity index (χ0v) is 9.09. The van der Waals surface area contributed by atoms with Crippen molar-refractivity contribution in [2.24, 2.45) is 23.0 Å². The second-order valence-electron chi connectivity index (χ2n) is 4.92. The van der Waals surface area contributed by atoms with Gasteiger partial charge in [0.25, 0.3) is 0 Å². The van der Waals surface area contributed by atoms with Gasteiger partial charge in [-0.2, -0.15) is 0 Å². The fourth-order valence-corrected chi connectivity index (χ4v) is 2.80. The Hall–Kier alpha value is -0.0800. The molecule has 0 aromatic heterocycles. The number of nitrogens with two attached hydrogens (primary N) is 1.